The molecule has 0 radical (unpaired) electrons. The number of rotatable bonds is 7. The summed E-state index contributed by atoms with van der Waals surface area (Å²) in [6.07, 6.45) is 1.78. The van der Waals surface area contributed by atoms with Gasteiger partial charge < -0.3 is 14.8 Å². The zero-order valence-corrected chi connectivity index (χ0v) is 21.0. The summed E-state index contributed by atoms with van der Waals surface area (Å²) >= 11 is 1.37. The number of carbonyl (C=O) groups is 2. The van der Waals surface area contributed by atoms with Gasteiger partial charge in [-0.05, 0) is 69.9 Å². The summed E-state index contributed by atoms with van der Waals surface area (Å²) < 4.78 is 2.03. The van der Waals surface area contributed by atoms with E-state index < -0.39 is 0 Å². The maximum absolute atomic E-state index is 13.2. The Morgan fingerprint density at radius 2 is 1.85 bits per heavy atom. The number of likely N-dealkylation sites (tertiary alicyclic amines) is 1. The number of hydrogen-bond donors (Lipinski definition) is 1. The molecule has 1 N–H and O–H groups in total. The number of carbonyl (C=O) groups excluding carboxylic acids is 2. The van der Waals surface area contributed by atoms with Crippen LogP contribution in [0.2, 0.25) is 0 Å². The van der Waals surface area contributed by atoms with E-state index in [9.17, 15) is 9.59 Å². The largest absolute Gasteiger partial charge is 0.328 e. The molecule has 2 aromatic carbocycles. The second-order valence-corrected chi connectivity index (χ2v) is 9.63. The van der Waals surface area contributed by atoms with E-state index in [0.29, 0.717) is 23.8 Å². The molecule has 2 heterocycles. The van der Waals surface area contributed by atoms with Gasteiger partial charge in [0, 0.05) is 24.3 Å². The molecule has 0 bridgehead atoms. The summed E-state index contributed by atoms with van der Waals surface area (Å²) in [5.41, 5.74) is 4.86. The molecule has 1 atom stereocenters. The summed E-state index contributed by atoms with van der Waals surface area (Å²) in [7, 11) is 0. The highest BCUT2D eigenvalue weighted by Crippen LogP contribution is 2.34. The third kappa shape index (κ3) is 5.01. The van der Waals surface area contributed by atoms with Gasteiger partial charge >= 0.3 is 0 Å². The topological polar surface area (TPSA) is 80.1 Å². The van der Waals surface area contributed by atoms with Gasteiger partial charge in [-0.2, -0.15) is 0 Å². The summed E-state index contributed by atoms with van der Waals surface area (Å²) in [5.74, 6) is 0.971. The standard InChI is InChI=1S/C26H31N5O2S/c1-5-30-24(22-10-7-15-31(22)25(33)20-13-11-17(2)12-14-20)28-29-26(30)34-16-23(32)27-21-9-6-8-18(3)19(21)4/h6,8-9,11-14,22H,5,7,10,15-16H2,1-4H3,(H,27,32). The number of nitrogens with zero attached hydrogens (tertiary/aromatic N) is 4. The average Bonchev–Trinajstić information content (AvgIpc) is 3.47. The number of benzene rings is 2. The van der Waals surface area contributed by atoms with Crippen molar-refractivity contribution in [3.05, 3.63) is 70.5 Å². The SMILES string of the molecule is CCn1c(SCC(=O)Nc2cccc(C)c2C)nnc1C1CCCN1C(=O)c1ccc(C)cc1. The van der Waals surface area contributed by atoms with Crippen LogP contribution in [0.4, 0.5) is 5.69 Å². The van der Waals surface area contributed by atoms with Crippen LogP contribution in [0.25, 0.3) is 0 Å². The first-order chi connectivity index (χ1) is 16.4. The van der Waals surface area contributed by atoms with Crippen LogP contribution in [0.1, 0.15) is 58.7 Å². The minimum atomic E-state index is -0.112. The van der Waals surface area contributed by atoms with Crippen LogP contribution < -0.4 is 5.32 Å². The molecule has 1 saturated heterocycles. The highest BCUT2D eigenvalue weighted by molar-refractivity contribution is 7.99. The molecular formula is C26H31N5O2S. The molecule has 1 aromatic heterocycles. The summed E-state index contributed by atoms with van der Waals surface area (Å²) in [4.78, 5) is 27.7. The number of nitrogens with one attached hydrogen (secondary N) is 1. The molecule has 1 fully saturated rings. The van der Waals surface area contributed by atoms with E-state index in [1.165, 1.54) is 11.8 Å². The molecule has 0 aliphatic carbocycles. The number of hydrogen-bond acceptors (Lipinski definition) is 5. The Labute approximate surface area is 205 Å². The Hall–Kier alpha value is -3.13. The second kappa shape index (κ2) is 10.4. The lowest BCUT2D eigenvalue weighted by Gasteiger charge is -2.24. The quantitative estimate of drug-likeness (QED) is 0.488. The monoisotopic (exact) mass is 477 g/mol. The Morgan fingerprint density at radius 1 is 1.09 bits per heavy atom. The number of aromatic nitrogens is 3. The van der Waals surface area contributed by atoms with Gasteiger partial charge in [-0.1, -0.05) is 41.6 Å². The van der Waals surface area contributed by atoms with Gasteiger partial charge in [-0.3, -0.25) is 9.59 Å². The van der Waals surface area contributed by atoms with Crippen LogP contribution in [0, 0.1) is 20.8 Å². The number of amides is 2. The predicted octanol–water partition coefficient (Wildman–Crippen LogP) is 4.93. The third-order valence-corrected chi connectivity index (χ3v) is 7.35. The van der Waals surface area contributed by atoms with Crippen LogP contribution >= 0.6 is 11.8 Å². The molecule has 1 aliphatic heterocycles. The molecule has 3 aromatic rings. The molecule has 0 saturated carbocycles. The Morgan fingerprint density at radius 3 is 2.59 bits per heavy atom. The number of anilines is 1. The van der Waals surface area contributed by atoms with Crippen molar-refractivity contribution in [2.45, 2.75) is 58.3 Å². The van der Waals surface area contributed by atoms with E-state index in [2.05, 4.69) is 15.5 Å². The predicted molar refractivity (Wildman–Crippen MR) is 135 cm³/mol. The lowest BCUT2D eigenvalue weighted by molar-refractivity contribution is -0.113. The first-order valence-electron chi connectivity index (χ1n) is 11.7. The van der Waals surface area contributed by atoms with Gasteiger partial charge in [0.15, 0.2) is 11.0 Å². The maximum Gasteiger partial charge on any atom is 0.254 e. The zero-order valence-electron chi connectivity index (χ0n) is 20.2. The molecule has 178 valence electrons. The molecule has 7 nitrogen and oxygen atoms in total. The summed E-state index contributed by atoms with van der Waals surface area (Å²) in [6.45, 7) is 9.46. The third-order valence-electron chi connectivity index (χ3n) is 6.38. The van der Waals surface area contributed by atoms with Gasteiger partial charge in [0.05, 0.1) is 11.8 Å². The fourth-order valence-corrected chi connectivity index (χ4v) is 5.10. The minimum absolute atomic E-state index is 0.0234. The first-order valence-corrected chi connectivity index (χ1v) is 12.7. The van der Waals surface area contributed by atoms with Crippen molar-refractivity contribution in [2.24, 2.45) is 0 Å². The van der Waals surface area contributed by atoms with Crippen LogP contribution in [-0.4, -0.2) is 43.8 Å². The molecule has 1 unspecified atom stereocenters. The van der Waals surface area contributed by atoms with Crippen LogP contribution in [-0.2, 0) is 11.3 Å². The van der Waals surface area contributed by atoms with Crippen molar-refractivity contribution in [3.63, 3.8) is 0 Å². The van der Waals surface area contributed by atoms with E-state index in [0.717, 1.165) is 41.0 Å². The first kappa shape index (κ1) is 24.0. The van der Waals surface area contributed by atoms with E-state index in [-0.39, 0.29) is 23.6 Å². The fourth-order valence-electron chi connectivity index (χ4n) is 4.29. The van der Waals surface area contributed by atoms with Crippen molar-refractivity contribution in [2.75, 3.05) is 17.6 Å². The molecule has 0 spiro atoms. The van der Waals surface area contributed by atoms with Gasteiger partial charge in [0.25, 0.3) is 5.91 Å². The van der Waals surface area contributed by atoms with Crippen molar-refractivity contribution < 1.29 is 9.59 Å². The van der Waals surface area contributed by atoms with Crippen LogP contribution in [0.5, 0.6) is 0 Å². The number of aryl methyl sites for hydroxylation is 2. The number of thioether (sulfide) groups is 1. The Kier molecular flexibility index (Phi) is 7.36. The Balaban J connectivity index is 1.46. The smallest absolute Gasteiger partial charge is 0.254 e. The van der Waals surface area contributed by atoms with Crippen molar-refractivity contribution >= 4 is 29.3 Å². The second-order valence-electron chi connectivity index (χ2n) is 8.69. The summed E-state index contributed by atoms with van der Waals surface area (Å²) in [5, 5.41) is 12.5. The normalized spacial score (nSPS) is 15.5. The van der Waals surface area contributed by atoms with E-state index in [1.54, 1.807) is 0 Å². The van der Waals surface area contributed by atoms with Crippen LogP contribution in [0.15, 0.2) is 47.6 Å². The average molecular weight is 478 g/mol. The van der Waals surface area contributed by atoms with Gasteiger partial charge in [-0.15, -0.1) is 10.2 Å². The summed E-state index contributed by atoms with van der Waals surface area (Å²) in [6, 6.07) is 13.5. The molecule has 8 heteroatoms. The van der Waals surface area contributed by atoms with Crippen molar-refractivity contribution in [1.29, 1.82) is 0 Å². The molecule has 1 aliphatic rings. The van der Waals surface area contributed by atoms with Crippen molar-refractivity contribution in [1.82, 2.24) is 19.7 Å². The van der Waals surface area contributed by atoms with E-state index in [4.69, 9.17) is 0 Å². The van der Waals surface area contributed by atoms with Crippen LogP contribution in [0.3, 0.4) is 0 Å². The van der Waals surface area contributed by atoms with Crippen molar-refractivity contribution in [3.8, 4) is 0 Å². The van der Waals surface area contributed by atoms with Gasteiger partial charge in [0.2, 0.25) is 5.91 Å². The highest BCUT2D eigenvalue weighted by atomic mass is 32.2. The van der Waals surface area contributed by atoms with Gasteiger partial charge in [-0.25, -0.2) is 0 Å². The lowest BCUT2D eigenvalue weighted by Crippen LogP contribution is -2.32. The minimum Gasteiger partial charge on any atom is -0.328 e. The molecule has 2 amide bonds. The highest BCUT2D eigenvalue weighted by Gasteiger charge is 2.34. The molecule has 34 heavy (non-hydrogen) atoms. The van der Waals surface area contributed by atoms with E-state index in [1.807, 2.05) is 79.6 Å². The fraction of sp³-hybridized carbons (Fsp3) is 0.385. The lowest BCUT2D eigenvalue weighted by atomic mass is 10.1. The van der Waals surface area contributed by atoms with Gasteiger partial charge in [0.1, 0.15) is 0 Å². The van der Waals surface area contributed by atoms with E-state index >= 15 is 0 Å². The molecular weight excluding hydrogens is 446 g/mol. The Bertz CT molecular complexity index is 1190. The zero-order chi connectivity index (χ0) is 24.2. The molecule has 4 rings (SSSR count). The maximum atomic E-state index is 13.2.